The first-order valence-electron chi connectivity index (χ1n) is 13.1. The maximum Gasteiger partial charge on any atom is 0.200 e. The smallest absolute Gasteiger partial charge is 0.200 e. The molecule has 0 amide bonds. The van der Waals surface area contributed by atoms with Crippen LogP contribution in [0.15, 0.2) is 11.6 Å². The summed E-state index contributed by atoms with van der Waals surface area (Å²) in [6.07, 6.45) is 6.07. The van der Waals surface area contributed by atoms with E-state index < -0.39 is 29.2 Å². The fourth-order valence-corrected chi connectivity index (χ4v) is 9.79. The second-order valence-electron chi connectivity index (χ2n) is 13.5. The molecule has 4 N–H and O–H groups in total. The van der Waals surface area contributed by atoms with E-state index in [2.05, 4.69) is 19.9 Å². The lowest BCUT2D eigenvalue weighted by atomic mass is 9.46. The third kappa shape index (κ3) is 2.71. The van der Waals surface area contributed by atoms with E-state index in [1.807, 2.05) is 6.92 Å². The quantitative estimate of drug-likeness (QED) is 0.447. The van der Waals surface area contributed by atoms with Gasteiger partial charge in [-0.2, -0.15) is 0 Å². The first-order chi connectivity index (χ1) is 15.3. The lowest BCUT2D eigenvalue weighted by molar-refractivity contribution is -0.384. The van der Waals surface area contributed by atoms with E-state index in [0.29, 0.717) is 12.3 Å². The summed E-state index contributed by atoms with van der Waals surface area (Å²) in [6, 6.07) is 0. The summed E-state index contributed by atoms with van der Waals surface area (Å²) in [5.41, 5.74) is -0.845. The van der Waals surface area contributed by atoms with Crippen LogP contribution in [0, 0.1) is 34.5 Å². The van der Waals surface area contributed by atoms with Gasteiger partial charge in [-0.05, 0) is 87.9 Å². The maximum absolute atomic E-state index is 11.4. The molecule has 0 radical (unpaired) electrons. The average Bonchev–Trinajstić information content (AvgIpc) is 3.12. The molecular weight excluding hydrogens is 420 g/mol. The minimum absolute atomic E-state index is 0.0162. The Kier molecular flexibility index (Phi) is 4.60. The Balaban J connectivity index is 1.40. The molecule has 6 nitrogen and oxygen atoms in total. The summed E-state index contributed by atoms with van der Waals surface area (Å²) >= 11 is 0. The highest BCUT2D eigenvalue weighted by molar-refractivity contribution is 5.29. The molecular formula is C27H42O6. The van der Waals surface area contributed by atoms with Gasteiger partial charge in [0.2, 0.25) is 0 Å². The van der Waals surface area contributed by atoms with Crippen LogP contribution >= 0.6 is 0 Å². The molecule has 0 aromatic rings. The fraction of sp³-hybridized carbons (Fsp3) is 0.926. The summed E-state index contributed by atoms with van der Waals surface area (Å²) < 4.78 is 13.2. The van der Waals surface area contributed by atoms with Crippen molar-refractivity contribution in [2.75, 3.05) is 0 Å². The van der Waals surface area contributed by atoms with Gasteiger partial charge in [-0.3, -0.25) is 0 Å². The number of ether oxygens (including phenoxy) is 2. The monoisotopic (exact) mass is 462 g/mol. The fourth-order valence-electron chi connectivity index (χ4n) is 9.79. The number of aliphatic hydroxyl groups is 4. The van der Waals surface area contributed by atoms with Crippen LogP contribution in [0.4, 0.5) is 0 Å². The lowest BCUT2D eigenvalue weighted by Crippen LogP contribution is -2.64. The number of fused-ring (bicyclic) bond motifs is 10. The van der Waals surface area contributed by atoms with Crippen molar-refractivity contribution in [2.24, 2.45) is 34.5 Å². The zero-order chi connectivity index (χ0) is 23.8. The predicted octanol–water partition coefficient (Wildman–Crippen LogP) is 2.91. The topological polar surface area (TPSA) is 99.4 Å². The van der Waals surface area contributed by atoms with Gasteiger partial charge < -0.3 is 29.9 Å². The Hall–Kier alpha value is -0.500. The number of hydrogen-bond donors (Lipinski definition) is 4. The summed E-state index contributed by atoms with van der Waals surface area (Å²) in [4.78, 5) is 0. The molecule has 33 heavy (non-hydrogen) atoms. The third-order valence-corrected chi connectivity index (χ3v) is 11.5. The molecule has 6 aliphatic rings. The van der Waals surface area contributed by atoms with Gasteiger partial charge in [-0.1, -0.05) is 25.5 Å². The maximum atomic E-state index is 11.4. The highest BCUT2D eigenvalue weighted by Crippen LogP contribution is 2.71. The highest BCUT2D eigenvalue weighted by Gasteiger charge is 2.75. The van der Waals surface area contributed by atoms with Crippen LogP contribution < -0.4 is 0 Å². The molecule has 0 aromatic carbocycles. The van der Waals surface area contributed by atoms with Crippen molar-refractivity contribution >= 4 is 0 Å². The standard InChI is InChI=1S/C27H42O6/c1-23(2,31)27-13-20(30)26(5,33-27)22-19(32-27)12-17-21-16(7-9-25(17,22)4)24(3)8-6-15(28)10-14(24)11-18(21)29/h11,15-22,28-31H,6-10,12-13H2,1-5H3/t15-,16-,17-,18+,19-,20-,21+,22-,24-,25-,26-,27-/m0/s1. The van der Waals surface area contributed by atoms with Gasteiger partial charge in [0, 0.05) is 12.3 Å². The van der Waals surface area contributed by atoms with E-state index in [1.165, 1.54) is 5.57 Å². The van der Waals surface area contributed by atoms with Crippen molar-refractivity contribution < 1.29 is 29.9 Å². The molecule has 6 heteroatoms. The molecule has 2 heterocycles. The third-order valence-electron chi connectivity index (χ3n) is 11.5. The van der Waals surface area contributed by atoms with Gasteiger partial charge in [-0.25, -0.2) is 0 Å². The summed E-state index contributed by atoms with van der Waals surface area (Å²) in [7, 11) is 0. The SMILES string of the molecule is CC(C)(O)[C@]12C[C@H](O)[C@](C)(O1)[C@H]1[C@H](C[C@H]3[C@@H]4[C@H](O)C=C5C[C@@H](O)CC[C@]5(C)[C@H]4CC[C@@]31C)O2. The van der Waals surface area contributed by atoms with Crippen LogP contribution in [0.5, 0.6) is 0 Å². The molecule has 0 unspecified atom stereocenters. The van der Waals surface area contributed by atoms with Gasteiger partial charge in [-0.15, -0.1) is 0 Å². The van der Waals surface area contributed by atoms with Crippen LogP contribution in [-0.2, 0) is 9.47 Å². The predicted molar refractivity (Wildman–Crippen MR) is 122 cm³/mol. The van der Waals surface area contributed by atoms with E-state index in [-0.39, 0.29) is 47.2 Å². The van der Waals surface area contributed by atoms with Gasteiger partial charge in [0.1, 0.15) is 11.2 Å². The molecule has 0 spiro atoms. The van der Waals surface area contributed by atoms with E-state index in [1.54, 1.807) is 13.8 Å². The van der Waals surface area contributed by atoms with Gasteiger partial charge in [0.25, 0.3) is 0 Å². The van der Waals surface area contributed by atoms with Crippen molar-refractivity contribution in [3.8, 4) is 0 Å². The first-order valence-corrected chi connectivity index (χ1v) is 13.1. The minimum Gasteiger partial charge on any atom is -0.393 e. The molecule has 4 aliphatic carbocycles. The van der Waals surface area contributed by atoms with Crippen LogP contribution in [0.3, 0.4) is 0 Å². The van der Waals surface area contributed by atoms with E-state index >= 15 is 0 Å². The van der Waals surface area contributed by atoms with Crippen LogP contribution in [0.2, 0.25) is 0 Å². The van der Waals surface area contributed by atoms with E-state index in [0.717, 1.165) is 32.1 Å². The molecule has 6 rings (SSSR count). The molecule has 12 atom stereocenters. The van der Waals surface area contributed by atoms with Crippen molar-refractivity contribution in [1.82, 2.24) is 0 Å². The van der Waals surface area contributed by atoms with Gasteiger partial charge in [0.15, 0.2) is 5.79 Å². The number of rotatable bonds is 1. The first kappa shape index (κ1) is 22.9. The van der Waals surface area contributed by atoms with Crippen molar-refractivity contribution in [3.63, 3.8) is 0 Å². The largest absolute Gasteiger partial charge is 0.393 e. The average molecular weight is 463 g/mol. The Labute approximate surface area is 197 Å². The van der Waals surface area contributed by atoms with Crippen LogP contribution in [-0.4, -0.2) is 61.8 Å². The normalized spacial score (nSPS) is 59.8. The Morgan fingerprint density at radius 2 is 1.76 bits per heavy atom. The number of hydrogen-bond acceptors (Lipinski definition) is 6. The summed E-state index contributed by atoms with van der Waals surface area (Å²) in [5.74, 6) is -0.400. The van der Waals surface area contributed by atoms with E-state index in [9.17, 15) is 20.4 Å². The van der Waals surface area contributed by atoms with E-state index in [4.69, 9.17) is 9.47 Å². The molecule has 2 aliphatic heterocycles. The Morgan fingerprint density at radius 1 is 1.03 bits per heavy atom. The Morgan fingerprint density at radius 3 is 2.45 bits per heavy atom. The summed E-state index contributed by atoms with van der Waals surface area (Å²) in [5, 5.41) is 44.0. The molecule has 186 valence electrons. The van der Waals surface area contributed by atoms with Crippen LogP contribution in [0.1, 0.15) is 79.6 Å². The Bertz CT molecular complexity index is 880. The zero-order valence-electron chi connectivity index (χ0n) is 20.8. The zero-order valence-corrected chi connectivity index (χ0v) is 20.8. The number of aliphatic hydroxyl groups excluding tert-OH is 3. The second-order valence-corrected chi connectivity index (χ2v) is 13.5. The molecule has 5 fully saturated rings. The lowest BCUT2D eigenvalue weighted by Gasteiger charge is -2.60. The van der Waals surface area contributed by atoms with Gasteiger partial charge >= 0.3 is 0 Å². The molecule has 2 bridgehead atoms. The van der Waals surface area contributed by atoms with Crippen molar-refractivity contribution in [3.05, 3.63) is 11.6 Å². The van der Waals surface area contributed by atoms with Crippen LogP contribution in [0.25, 0.3) is 0 Å². The summed E-state index contributed by atoms with van der Waals surface area (Å²) in [6.45, 7) is 10.1. The molecule has 2 saturated heterocycles. The second kappa shape index (κ2) is 6.63. The van der Waals surface area contributed by atoms with Gasteiger partial charge in [0.05, 0.1) is 24.4 Å². The molecule has 3 saturated carbocycles. The molecule has 0 aromatic heterocycles. The van der Waals surface area contributed by atoms with Crippen molar-refractivity contribution in [1.29, 1.82) is 0 Å². The highest BCUT2D eigenvalue weighted by atomic mass is 16.7. The minimum atomic E-state index is -1.23. The van der Waals surface area contributed by atoms with Crippen molar-refractivity contribution in [2.45, 2.75) is 121 Å².